The average molecular weight is 262 g/mol. The monoisotopic (exact) mass is 262 g/mol. The van der Waals surface area contributed by atoms with Gasteiger partial charge in [0, 0.05) is 7.05 Å². The molecule has 1 rings (SSSR count). The van der Waals surface area contributed by atoms with Gasteiger partial charge in [-0.1, -0.05) is 0 Å². The smallest absolute Gasteiger partial charge is 0.347 e. The van der Waals surface area contributed by atoms with E-state index in [2.05, 4.69) is 5.32 Å². The molecule has 0 heterocycles. The number of rotatable bonds is 5. The van der Waals surface area contributed by atoms with Crippen molar-refractivity contribution in [2.45, 2.75) is 13.0 Å². The molecule has 0 spiro atoms. The number of carbonyl (C=O) groups excluding carboxylic acids is 2. The first kappa shape index (κ1) is 14.5. The van der Waals surface area contributed by atoms with Gasteiger partial charge in [-0.2, -0.15) is 5.26 Å². The zero-order chi connectivity index (χ0) is 14.3. The van der Waals surface area contributed by atoms with Gasteiger partial charge in [0.25, 0.3) is 5.91 Å². The van der Waals surface area contributed by atoms with Crippen molar-refractivity contribution in [3.05, 3.63) is 29.8 Å². The molecule has 0 aliphatic rings. The number of carbonyl (C=O) groups is 2. The molecule has 0 aliphatic heterocycles. The number of nitrogens with zero attached hydrogens (tertiary/aromatic N) is 1. The van der Waals surface area contributed by atoms with E-state index in [0.717, 1.165) is 0 Å². The van der Waals surface area contributed by atoms with Crippen LogP contribution in [-0.4, -0.2) is 31.6 Å². The van der Waals surface area contributed by atoms with Crippen molar-refractivity contribution < 1.29 is 19.1 Å². The standard InChI is InChI=1S/C13H14N2O4/c1-9(13(17)18-8-12(16)15-2)19-11-5-3-10(7-14)4-6-11/h3-6,9H,8H2,1-2H3,(H,15,16)/t9-/m0/s1. The number of hydrogen-bond acceptors (Lipinski definition) is 5. The fourth-order valence-electron chi connectivity index (χ4n) is 1.19. The van der Waals surface area contributed by atoms with E-state index >= 15 is 0 Å². The van der Waals surface area contributed by atoms with Gasteiger partial charge >= 0.3 is 5.97 Å². The van der Waals surface area contributed by atoms with E-state index in [4.69, 9.17) is 14.7 Å². The third kappa shape index (κ3) is 4.68. The number of nitriles is 1. The van der Waals surface area contributed by atoms with Crippen LogP contribution in [0.4, 0.5) is 0 Å². The lowest BCUT2D eigenvalue weighted by molar-refractivity contribution is -0.154. The summed E-state index contributed by atoms with van der Waals surface area (Å²) in [6.07, 6.45) is -0.836. The molecule has 0 saturated carbocycles. The summed E-state index contributed by atoms with van der Waals surface area (Å²) in [6, 6.07) is 8.31. The fourth-order valence-corrected chi connectivity index (χ4v) is 1.19. The third-order valence-electron chi connectivity index (χ3n) is 2.25. The molecule has 0 unspecified atom stereocenters. The summed E-state index contributed by atoms with van der Waals surface area (Å²) in [5, 5.41) is 11.0. The van der Waals surface area contributed by atoms with Crippen molar-refractivity contribution in [1.82, 2.24) is 5.32 Å². The minimum atomic E-state index is -0.836. The highest BCUT2D eigenvalue weighted by Crippen LogP contribution is 2.13. The van der Waals surface area contributed by atoms with Crippen LogP contribution in [0.5, 0.6) is 5.75 Å². The summed E-state index contributed by atoms with van der Waals surface area (Å²) >= 11 is 0. The van der Waals surface area contributed by atoms with Crippen LogP contribution in [-0.2, 0) is 14.3 Å². The molecule has 0 saturated heterocycles. The van der Waals surface area contributed by atoms with Gasteiger partial charge < -0.3 is 14.8 Å². The van der Waals surface area contributed by atoms with Crippen LogP contribution in [0, 0.1) is 11.3 Å². The number of esters is 1. The van der Waals surface area contributed by atoms with E-state index < -0.39 is 12.1 Å². The first-order chi connectivity index (χ1) is 9.06. The summed E-state index contributed by atoms with van der Waals surface area (Å²) in [5.41, 5.74) is 0.502. The average Bonchev–Trinajstić information content (AvgIpc) is 2.44. The van der Waals surface area contributed by atoms with E-state index in [1.165, 1.54) is 14.0 Å². The van der Waals surface area contributed by atoms with Crippen molar-refractivity contribution in [3.63, 3.8) is 0 Å². The molecule has 6 heteroatoms. The zero-order valence-corrected chi connectivity index (χ0v) is 10.7. The molecule has 1 N–H and O–H groups in total. The molecule has 0 bridgehead atoms. The van der Waals surface area contributed by atoms with E-state index in [9.17, 15) is 9.59 Å². The number of nitrogens with one attached hydrogen (secondary N) is 1. The second kappa shape index (κ2) is 7.01. The van der Waals surface area contributed by atoms with Gasteiger partial charge in [0.1, 0.15) is 5.75 Å². The molecule has 1 aromatic carbocycles. The molecule has 1 amide bonds. The summed E-state index contributed by atoms with van der Waals surface area (Å²) in [5.74, 6) is -0.574. The van der Waals surface area contributed by atoms with Crippen LogP contribution in [0.25, 0.3) is 0 Å². The van der Waals surface area contributed by atoms with Crippen LogP contribution >= 0.6 is 0 Å². The lowest BCUT2D eigenvalue weighted by atomic mass is 10.2. The minimum Gasteiger partial charge on any atom is -0.479 e. The predicted molar refractivity (Wildman–Crippen MR) is 66.3 cm³/mol. The van der Waals surface area contributed by atoms with Crippen molar-refractivity contribution in [2.24, 2.45) is 0 Å². The Morgan fingerprint density at radius 1 is 1.37 bits per heavy atom. The third-order valence-corrected chi connectivity index (χ3v) is 2.25. The molecule has 0 aliphatic carbocycles. The van der Waals surface area contributed by atoms with Crippen LogP contribution < -0.4 is 10.1 Å². The molecule has 0 aromatic heterocycles. The number of hydrogen-bond donors (Lipinski definition) is 1. The topological polar surface area (TPSA) is 88.4 Å². The van der Waals surface area contributed by atoms with Gasteiger partial charge in [-0.15, -0.1) is 0 Å². The van der Waals surface area contributed by atoms with Gasteiger partial charge in [0.05, 0.1) is 11.6 Å². The van der Waals surface area contributed by atoms with Gasteiger partial charge in [-0.25, -0.2) is 4.79 Å². The highest BCUT2D eigenvalue weighted by molar-refractivity contribution is 5.81. The largest absolute Gasteiger partial charge is 0.479 e. The van der Waals surface area contributed by atoms with Crippen LogP contribution in [0.3, 0.4) is 0 Å². The quantitative estimate of drug-likeness (QED) is 0.785. The summed E-state index contributed by atoms with van der Waals surface area (Å²) < 4.78 is 10.1. The molecule has 100 valence electrons. The summed E-state index contributed by atoms with van der Waals surface area (Å²) in [4.78, 5) is 22.4. The second-order valence-corrected chi connectivity index (χ2v) is 3.68. The Hall–Kier alpha value is -2.55. The van der Waals surface area contributed by atoms with Crippen LogP contribution in [0.2, 0.25) is 0 Å². The molecule has 0 fully saturated rings. The lowest BCUT2D eigenvalue weighted by Crippen LogP contribution is -2.31. The van der Waals surface area contributed by atoms with Crippen molar-refractivity contribution in [3.8, 4) is 11.8 Å². The summed E-state index contributed by atoms with van der Waals surface area (Å²) in [6.45, 7) is 1.18. The lowest BCUT2D eigenvalue weighted by Gasteiger charge is -2.13. The van der Waals surface area contributed by atoms with E-state index in [-0.39, 0.29) is 12.5 Å². The van der Waals surface area contributed by atoms with Gasteiger partial charge in [-0.05, 0) is 31.2 Å². The van der Waals surface area contributed by atoms with E-state index in [0.29, 0.717) is 11.3 Å². The highest BCUT2D eigenvalue weighted by atomic mass is 16.6. The maximum atomic E-state index is 11.5. The zero-order valence-electron chi connectivity index (χ0n) is 10.7. The van der Waals surface area contributed by atoms with Crippen LogP contribution in [0.15, 0.2) is 24.3 Å². The van der Waals surface area contributed by atoms with E-state index in [1.54, 1.807) is 24.3 Å². The van der Waals surface area contributed by atoms with Crippen molar-refractivity contribution >= 4 is 11.9 Å². The Labute approximate surface area is 110 Å². The molecule has 1 aromatic rings. The van der Waals surface area contributed by atoms with Gasteiger partial charge in [-0.3, -0.25) is 4.79 Å². The van der Waals surface area contributed by atoms with Gasteiger partial charge in [0.2, 0.25) is 0 Å². The SMILES string of the molecule is CNC(=O)COC(=O)[C@H](C)Oc1ccc(C#N)cc1. The molecule has 6 nitrogen and oxygen atoms in total. The minimum absolute atomic E-state index is 0.337. The molecular weight excluding hydrogens is 248 g/mol. The maximum Gasteiger partial charge on any atom is 0.347 e. The molecule has 0 radical (unpaired) electrons. The number of ether oxygens (including phenoxy) is 2. The van der Waals surface area contributed by atoms with Crippen LogP contribution in [0.1, 0.15) is 12.5 Å². The Kier molecular flexibility index (Phi) is 5.35. The molecular formula is C13H14N2O4. The Morgan fingerprint density at radius 2 is 2.00 bits per heavy atom. The number of benzene rings is 1. The number of likely N-dealkylation sites (N-methyl/N-ethyl adjacent to an activating group) is 1. The second-order valence-electron chi connectivity index (χ2n) is 3.68. The normalized spacial score (nSPS) is 11.0. The Bertz CT molecular complexity index is 490. The number of amides is 1. The van der Waals surface area contributed by atoms with E-state index in [1.807, 2.05) is 6.07 Å². The first-order valence-electron chi connectivity index (χ1n) is 5.61. The Balaban J connectivity index is 2.49. The molecule has 19 heavy (non-hydrogen) atoms. The maximum absolute atomic E-state index is 11.5. The first-order valence-corrected chi connectivity index (χ1v) is 5.61. The van der Waals surface area contributed by atoms with Crippen molar-refractivity contribution in [2.75, 3.05) is 13.7 Å². The van der Waals surface area contributed by atoms with Crippen molar-refractivity contribution in [1.29, 1.82) is 5.26 Å². The fraction of sp³-hybridized carbons (Fsp3) is 0.308. The Morgan fingerprint density at radius 3 is 2.53 bits per heavy atom. The van der Waals surface area contributed by atoms with Gasteiger partial charge in [0.15, 0.2) is 12.7 Å². The molecule has 1 atom stereocenters. The summed E-state index contributed by atoms with van der Waals surface area (Å²) in [7, 11) is 1.45. The predicted octanol–water partition coefficient (Wildman–Crippen LogP) is 0.615. The highest BCUT2D eigenvalue weighted by Gasteiger charge is 2.17.